The summed E-state index contributed by atoms with van der Waals surface area (Å²) in [6, 6.07) is 7.08. The molecule has 0 aliphatic carbocycles. The molecule has 25 nitrogen and oxygen atoms in total. The van der Waals surface area contributed by atoms with Crippen LogP contribution in [0.5, 0.6) is 0 Å². The Kier molecular flexibility index (Phi) is 13.3. The van der Waals surface area contributed by atoms with Crippen LogP contribution in [0.3, 0.4) is 0 Å². The molecule has 0 spiro atoms. The number of carbonyl (C=O) groups is 2. The number of aromatic amines is 1. The number of hydrogen-bond donors (Lipinski definition) is 5. The van der Waals surface area contributed by atoms with Crippen molar-refractivity contribution >= 4 is 53.7 Å². The summed E-state index contributed by atoms with van der Waals surface area (Å²) < 4.78 is 62.1. The molecule has 2 fully saturated rings. The van der Waals surface area contributed by atoms with Crippen LogP contribution in [0.4, 0.5) is 16.2 Å². The Labute approximate surface area is 348 Å². The third-order valence-electron chi connectivity index (χ3n) is 9.84. The normalized spacial score (nSPS) is 24.5. The highest BCUT2D eigenvalue weighted by atomic mass is 31.2. The minimum atomic E-state index is -4.92. The number of H-pyrrole nitrogens is 1. The number of rotatable bonds is 17. The Morgan fingerprint density at radius 1 is 1.03 bits per heavy atom. The first-order chi connectivity index (χ1) is 29.9. The Hall–Kier alpha value is -6.26. The smallest absolute Gasteiger partial charge is 0.396 e. The van der Waals surface area contributed by atoms with E-state index < -0.39 is 106 Å². The average molecular weight is 881 g/mol. The third kappa shape index (κ3) is 8.88. The highest BCUT2D eigenvalue weighted by Gasteiger charge is 2.52. The number of aromatic nitrogens is 8. The van der Waals surface area contributed by atoms with Gasteiger partial charge in [-0.25, -0.2) is 35.5 Å². The van der Waals surface area contributed by atoms with Crippen LogP contribution in [-0.2, 0) is 32.4 Å². The van der Waals surface area contributed by atoms with Crippen LogP contribution >= 0.6 is 7.82 Å². The number of azide groups is 1. The number of hydrogen-bond acceptors (Lipinski definition) is 17. The summed E-state index contributed by atoms with van der Waals surface area (Å²) in [5.74, 6) is -2.65. The van der Waals surface area contributed by atoms with Gasteiger partial charge in [0.15, 0.2) is 40.5 Å². The van der Waals surface area contributed by atoms with Gasteiger partial charge in [-0.05, 0) is 17.7 Å². The summed E-state index contributed by atoms with van der Waals surface area (Å²) in [7, 11) is -4.92. The number of phosphoric acid groups is 1. The van der Waals surface area contributed by atoms with Gasteiger partial charge >= 0.3 is 7.82 Å². The lowest BCUT2D eigenvalue weighted by molar-refractivity contribution is -0.118. The zero-order valence-corrected chi connectivity index (χ0v) is 33.6. The highest BCUT2D eigenvalue weighted by Crippen LogP contribution is 2.54. The van der Waals surface area contributed by atoms with E-state index in [2.05, 4.69) is 55.4 Å². The van der Waals surface area contributed by atoms with Crippen LogP contribution in [0, 0.1) is 18.4 Å². The van der Waals surface area contributed by atoms with Crippen molar-refractivity contribution in [3.8, 4) is 0 Å². The highest BCUT2D eigenvalue weighted by molar-refractivity contribution is 7.48. The minimum absolute atomic E-state index is 0.0138. The first-order valence-electron chi connectivity index (χ1n) is 18.8. The van der Waals surface area contributed by atoms with E-state index in [0.29, 0.717) is 5.56 Å². The van der Waals surface area contributed by atoms with Crippen LogP contribution in [-0.4, -0.2) is 125 Å². The van der Waals surface area contributed by atoms with Gasteiger partial charge in [-0.2, -0.15) is 4.98 Å². The van der Waals surface area contributed by atoms with Gasteiger partial charge in [0.1, 0.15) is 31.4 Å². The predicted molar refractivity (Wildman–Crippen MR) is 210 cm³/mol. The van der Waals surface area contributed by atoms with Crippen molar-refractivity contribution in [3.63, 3.8) is 0 Å². The fourth-order valence-electron chi connectivity index (χ4n) is 6.75. The van der Waals surface area contributed by atoms with Gasteiger partial charge in [-0.15, -0.1) is 0 Å². The van der Waals surface area contributed by atoms with Gasteiger partial charge in [0, 0.05) is 28.9 Å². The van der Waals surface area contributed by atoms with Gasteiger partial charge in [-0.3, -0.25) is 47.4 Å². The second kappa shape index (κ2) is 18.8. The number of alkyl halides is 1. The first-order valence-corrected chi connectivity index (χ1v) is 20.3. The molecular formula is C35H38FN14O11P. The van der Waals surface area contributed by atoms with Crippen LogP contribution in [0.15, 0.2) is 59.2 Å². The topological polar surface area (TPSA) is 322 Å². The number of benzene rings is 1. The maximum atomic E-state index is 16.6. The van der Waals surface area contributed by atoms with Gasteiger partial charge in [0.25, 0.3) is 11.5 Å². The zero-order valence-electron chi connectivity index (χ0n) is 32.7. The zero-order chi connectivity index (χ0) is 44.1. The molecule has 5 N–H and O–H groups in total. The number of aliphatic hydroxyl groups excluding tert-OH is 2. The number of phosphoric ester groups is 1. The van der Waals surface area contributed by atoms with Gasteiger partial charge in [0.2, 0.25) is 18.4 Å². The summed E-state index contributed by atoms with van der Waals surface area (Å²) >= 11 is 0. The molecule has 2 aliphatic rings. The molecule has 0 saturated carbocycles. The first kappa shape index (κ1) is 43.8. The summed E-state index contributed by atoms with van der Waals surface area (Å²) in [6.45, 7) is 7.38. The molecule has 9 atom stereocenters. The number of imidazole rings is 2. The molecule has 0 radical (unpaired) electrons. The van der Waals surface area contributed by atoms with E-state index in [1.165, 1.54) is 21.8 Å². The minimum Gasteiger partial charge on any atom is -0.396 e. The van der Waals surface area contributed by atoms with Crippen LogP contribution < -0.4 is 16.2 Å². The molecule has 27 heteroatoms. The van der Waals surface area contributed by atoms with E-state index in [1.54, 1.807) is 44.2 Å². The molecule has 5 aromatic rings. The number of anilines is 2. The van der Waals surface area contributed by atoms with Crippen molar-refractivity contribution in [1.29, 1.82) is 0 Å². The molecular weight excluding hydrogens is 842 g/mol. The summed E-state index contributed by atoms with van der Waals surface area (Å²) in [4.78, 5) is 67.5. The van der Waals surface area contributed by atoms with Crippen molar-refractivity contribution in [1.82, 2.24) is 39.0 Å². The predicted octanol–water partition coefficient (Wildman–Crippen LogP) is 2.66. The lowest BCUT2D eigenvalue weighted by Gasteiger charge is -2.26. The molecule has 4 aromatic heterocycles. The molecule has 62 heavy (non-hydrogen) atoms. The Morgan fingerprint density at radius 3 is 2.45 bits per heavy atom. The molecule has 2 amide bonds. The van der Waals surface area contributed by atoms with Gasteiger partial charge in [0.05, 0.1) is 38.0 Å². The summed E-state index contributed by atoms with van der Waals surface area (Å²) in [5, 5.41) is 29.7. The fourth-order valence-corrected chi connectivity index (χ4v) is 8.13. The monoisotopic (exact) mass is 880 g/mol. The SMILES string of the molecule is [C-]#[N+]CCOP(=O)(OCC1OC(n2cnc3c(=O)[nH]c(NC(=O)C(C)C)nc32)C(N=[N+]=[N-])C1CO)OC1C(CO)OC(n2cnc3c(NC(=O)c4ccccc4)ncnc32)C1F. The number of carbonyl (C=O) groups excluding carboxylic acids is 2. The van der Waals surface area contributed by atoms with E-state index in [1.807, 2.05) is 0 Å². The average Bonchev–Trinajstić information content (AvgIpc) is 4.04. The van der Waals surface area contributed by atoms with E-state index in [0.717, 1.165) is 6.33 Å². The number of aliphatic hydroxyl groups is 2. The maximum absolute atomic E-state index is 16.6. The number of nitrogens with zero attached hydrogens (tertiary/aromatic N) is 11. The van der Waals surface area contributed by atoms with E-state index in [9.17, 15) is 34.7 Å². The van der Waals surface area contributed by atoms with Crippen molar-refractivity contribution in [2.45, 2.75) is 56.8 Å². The number of nitrogens with one attached hydrogen (secondary N) is 3. The van der Waals surface area contributed by atoms with Gasteiger partial charge < -0.3 is 29.8 Å². The van der Waals surface area contributed by atoms with Crippen molar-refractivity contribution < 1.29 is 51.8 Å². The fraction of sp³-hybridized carbons (Fsp3) is 0.457. The quantitative estimate of drug-likeness (QED) is 0.0224. The lowest BCUT2D eigenvalue weighted by atomic mass is 9.97. The largest absolute Gasteiger partial charge is 0.475 e. The molecule has 2 aliphatic heterocycles. The molecule has 9 unspecified atom stereocenters. The molecule has 0 bridgehead atoms. The number of halogens is 1. The van der Waals surface area contributed by atoms with Gasteiger partial charge in [-0.1, -0.05) is 37.2 Å². The van der Waals surface area contributed by atoms with Crippen molar-refractivity contribution in [3.05, 3.63) is 87.1 Å². The van der Waals surface area contributed by atoms with Crippen molar-refractivity contribution in [2.75, 3.05) is 43.6 Å². The van der Waals surface area contributed by atoms with E-state index >= 15 is 4.39 Å². The summed E-state index contributed by atoms with van der Waals surface area (Å²) in [6.07, 6.45) is -6.16. The molecule has 2 saturated heterocycles. The number of amides is 2. The maximum Gasteiger partial charge on any atom is 0.475 e. The standard InChI is InChI=1S/C35H38FN14O11P/c1-17(2)30(53)45-35-44-29-25(32(55)46-35)42-16-50(29)34-23(47-48-37)19(11-51)21(60-34)13-58-62(56,57-10-9-38-3)61-26-20(12-52)59-33(22(26)36)49-15-41-24-27(39-14-40-28(24)49)43-31(54)18-7-5-4-6-8-18/h4-8,14-17,19-23,26,33-34,51-52H,9-13H2,1-2H3,(H,39,40,43,54)(H2,44,45,46,53,55). The molecule has 6 heterocycles. The van der Waals surface area contributed by atoms with E-state index in [4.69, 9.17) is 29.6 Å². The number of ether oxygens (including phenoxy) is 2. The second-order valence-electron chi connectivity index (χ2n) is 14.1. The second-order valence-corrected chi connectivity index (χ2v) is 15.7. The molecule has 326 valence electrons. The third-order valence-corrected chi connectivity index (χ3v) is 11.3. The summed E-state index contributed by atoms with van der Waals surface area (Å²) in [5.41, 5.74) is 8.97. The van der Waals surface area contributed by atoms with Crippen LogP contribution in [0.1, 0.15) is 36.7 Å². The lowest BCUT2D eigenvalue weighted by Crippen LogP contribution is -2.34. The number of fused-ring (bicyclic) bond motifs is 2. The van der Waals surface area contributed by atoms with Crippen LogP contribution in [0.2, 0.25) is 0 Å². The Bertz CT molecular complexity index is 2630. The Morgan fingerprint density at radius 2 is 1.76 bits per heavy atom. The molecule has 1 aromatic carbocycles. The van der Waals surface area contributed by atoms with Crippen molar-refractivity contribution in [2.24, 2.45) is 17.0 Å². The van der Waals surface area contributed by atoms with Crippen LogP contribution in [0.25, 0.3) is 37.6 Å². The Balaban J connectivity index is 1.12. The molecule has 7 rings (SSSR count). The van der Waals surface area contributed by atoms with E-state index in [-0.39, 0.29) is 40.6 Å².